The van der Waals surface area contributed by atoms with Crippen molar-refractivity contribution in [1.29, 1.82) is 0 Å². The Morgan fingerprint density at radius 1 is 1.11 bits per heavy atom. The van der Waals surface area contributed by atoms with Gasteiger partial charge < -0.3 is 10.0 Å². The van der Waals surface area contributed by atoms with Crippen molar-refractivity contribution >= 4 is 7.12 Å². The fourth-order valence-corrected chi connectivity index (χ4v) is 3.13. The molecule has 0 radical (unpaired) electrons. The van der Waals surface area contributed by atoms with Gasteiger partial charge in [0.1, 0.15) is 12.3 Å². The Kier molecular flexibility index (Phi) is 5.56. The smallest absolute Gasteiger partial charge is 0.427 e. The van der Waals surface area contributed by atoms with E-state index in [2.05, 4.69) is 10.2 Å². The molecule has 2 rings (SSSR count). The van der Waals surface area contributed by atoms with Crippen molar-refractivity contribution in [3.8, 4) is 0 Å². The van der Waals surface area contributed by atoms with Gasteiger partial charge in [-0.25, -0.2) is 8.78 Å². The molecule has 4 nitrogen and oxygen atoms in total. The van der Waals surface area contributed by atoms with Gasteiger partial charge in [0, 0.05) is 18.8 Å². The predicted molar refractivity (Wildman–Crippen MR) is 70.2 cm³/mol. The molecule has 1 heterocycles. The standard InChI is InChI=1S/C12H23BF2N2O2/c14-9-6-11-12(7-10(9)15)17(8-16-11)5-3-1-2-4-13(18)19/h9-12,16,18-19H,1-8H2. The zero-order valence-electron chi connectivity index (χ0n) is 11.1. The minimum Gasteiger partial charge on any atom is -0.427 e. The van der Waals surface area contributed by atoms with Crippen LogP contribution in [-0.2, 0) is 0 Å². The molecule has 19 heavy (non-hydrogen) atoms. The summed E-state index contributed by atoms with van der Waals surface area (Å²) in [5, 5.41) is 20.7. The average molecular weight is 276 g/mol. The quantitative estimate of drug-likeness (QED) is 0.494. The highest BCUT2D eigenvalue weighted by Gasteiger charge is 2.43. The lowest BCUT2D eigenvalue weighted by atomic mass is 9.83. The molecule has 1 saturated carbocycles. The lowest BCUT2D eigenvalue weighted by molar-refractivity contribution is 0.0674. The number of fused-ring (bicyclic) bond motifs is 1. The van der Waals surface area contributed by atoms with E-state index in [0.717, 1.165) is 25.8 Å². The summed E-state index contributed by atoms with van der Waals surface area (Å²) in [6.07, 6.45) is 0.982. The van der Waals surface area contributed by atoms with Crippen molar-refractivity contribution in [2.24, 2.45) is 0 Å². The van der Waals surface area contributed by atoms with Crippen LogP contribution < -0.4 is 5.32 Å². The molecule has 1 aliphatic carbocycles. The maximum Gasteiger partial charge on any atom is 0.451 e. The van der Waals surface area contributed by atoms with Gasteiger partial charge in [-0.05, 0) is 32.1 Å². The molecule has 0 aromatic rings. The van der Waals surface area contributed by atoms with E-state index < -0.39 is 19.5 Å². The third-order valence-electron chi connectivity index (χ3n) is 4.24. The lowest BCUT2D eigenvalue weighted by Gasteiger charge is -2.34. The maximum absolute atomic E-state index is 13.4. The number of hydrogen-bond donors (Lipinski definition) is 3. The Labute approximate surface area is 113 Å². The summed E-state index contributed by atoms with van der Waals surface area (Å²) >= 11 is 0. The van der Waals surface area contributed by atoms with Crippen LogP contribution in [0.2, 0.25) is 6.32 Å². The van der Waals surface area contributed by atoms with Crippen molar-refractivity contribution in [2.45, 2.75) is 62.9 Å². The van der Waals surface area contributed by atoms with Gasteiger partial charge in [0.15, 0.2) is 0 Å². The Morgan fingerprint density at radius 2 is 1.84 bits per heavy atom. The van der Waals surface area contributed by atoms with E-state index in [-0.39, 0.29) is 24.9 Å². The van der Waals surface area contributed by atoms with Crippen LogP contribution in [0.1, 0.15) is 32.1 Å². The predicted octanol–water partition coefficient (Wildman–Crippen LogP) is 0.699. The van der Waals surface area contributed by atoms with E-state index in [9.17, 15) is 8.78 Å². The molecule has 2 aliphatic rings. The molecule has 110 valence electrons. The van der Waals surface area contributed by atoms with Crippen LogP contribution in [0.3, 0.4) is 0 Å². The Bertz CT molecular complexity index is 286. The van der Waals surface area contributed by atoms with Gasteiger partial charge in [-0.1, -0.05) is 12.8 Å². The molecule has 2 fully saturated rings. The SMILES string of the molecule is OB(O)CCCCCN1CNC2CC(F)C(F)CC21. The first kappa shape index (κ1) is 15.2. The molecule has 7 heteroatoms. The molecular weight excluding hydrogens is 253 g/mol. The number of halogens is 2. The van der Waals surface area contributed by atoms with Crippen LogP contribution in [0.5, 0.6) is 0 Å². The number of nitrogens with one attached hydrogen (secondary N) is 1. The first-order valence-electron chi connectivity index (χ1n) is 7.19. The van der Waals surface area contributed by atoms with Crippen LogP contribution in [0.4, 0.5) is 8.78 Å². The summed E-state index contributed by atoms with van der Waals surface area (Å²) in [7, 11) is -1.22. The van der Waals surface area contributed by atoms with Gasteiger partial charge in [0.2, 0.25) is 0 Å². The van der Waals surface area contributed by atoms with E-state index >= 15 is 0 Å². The number of hydrogen-bond acceptors (Lipinski definition) is 4. The first-order valence-corrected chi connectivity index (χ1v) is 7.19. The highest BCUT2D eigenvalue weighted by atomic mass is 19.2. The molecule has 0 spiro atoms. The first-order chi connectivity index (χ1) is 9.08. The maximum atomic E-state index is 13.4. The number of nitrogens with zero attached hydrogens (tertiary/aromatic N) is 1. The van der Waals surface area contributed by atoms with Crippen LogP contribution >= 0.6 is 0 Å². The molecule has 0 aromatic heterocycles. The second-order valence-electron chi connectivity index (χ2n) is 5.68. The van der Waals surface area contributed by atoms with E-state index in [1.807, 2.05) is 0 Å². The van der Waals surface area contributed by atoms with E-state index in [1.54, 1.807) is 0 Å². The highest BCUT2D eigenvalue weighted by molar-refractivity contribution is 6.40. The second kappa shape index (κ2) is 6.97. The minimum absolute atomic E-state index is 0.0845. The normalized spacial score (nSPS) is 35.4. The zero-order valence-corrected chi connectivity index (χ0v) is 11.1. The molecule has 1 aliphatic heterocycles. The molecule has 0 amide bonds. The van der Waals surface area contributed by atoms with Crippen molar-refractivity contribution in [3.05, 3.63) is 0 Å². The number of rotatable bonds is 6. The molecule has 0 bridgehead atoms. The lowest BCUT2D eigenvalue weighted by Crippen LogP contribution is -2.47. The largest absolute Gasteiger partial charge is 0.451 e. The van der Waals surface area contributed by atoms with E-state index in [0.29, 0.717) is 13.0 Å². The topological polar surface area (TPSA) is 55.7 Å². The average Bonchev–Trinajstić information content (AvgIpc) is 2.72. The van der Waals surface area contributed by atoms with Crippen molar-refractivity contribution < 1.29 is 18.8 Å². The fourth-order valence-electron chi connectivity index (χ4n) is 3.13. The van der Waals surface area contributed by atoms with Gasteiger partial charge in [-0.2, -0.15) is 0 Å². The summed E-state index contributed by atoms with van der Waals surface area (Å²) < 4.78 is 26.7. The molecule has 4 atom stereocenters. The summed E-state index contributed by atoms with van der Waals surface area (Å²) in [5.74, 6) is 0. The van der Waals surface area contributed by atoms with Gasteiger partial charge in [0.25, 0.3) is 0 Å². The Morgan fingerprint density at radius 3 is 2.58 bits per heavy atom. The fraction of sp³-hybridized carbons (Fsp3) is 1.00. The van der Waals surface area contributed by atoms with Gasteiger partial charge in [-0.3, -0.25) is 10.2 Å². The monoisotopic (exact) mass is 276 g/mol. The van der Waals surface area contributed by atoms with E-state index in [4.69, 9.17) is 10.0 Å². The van der Waals surface area contributed by atoms with Crippen LogP contribution in [0, 0.1) is 0 Å². The number of unbranched alkanes of at least 4 members (excludes halogenated alkanes) is 2. The van der Waals surface area contributed by atoms with E-state index in [1.165, 1.54) is 0 Å². The van der Waals surface area contributed by atoms with Crippen molar-refractivity contribution in [3.63, 3.8) is 0 Å². The molecule has 0 aromatic carbocycles. The molecule has 4 unspecified atom stereocenters. The van der Waals surface area contributed by atoms with Crippen LogP contribution in [0.15, 0.2) is 0 Å². The number of alkyl halides is 2. The van der Waals surface area contributed by atoms with Crippen molar-refractivity contribution in [2.75, 3.05) is 13.2 Å². The van der Waals surface area contributed by atoms with Crippen LogP contribution in [0.25, 0.3) is 0 Å². The zero-order chi connectivity index (χ0) is 13.8. The van der Waals surface area contributed by atoms with Crippen molar-refractivity contribution in [1.82, 2.24) is 10.2 Å². The summed E-state index contributed by atoms with van der Waals surface area (Å²) in [4.78, 5) is 2.19. The Hall–Kier alpha value is -0.235. The molecular formula is C12H23BF2N2O2. The Balaban J connectivity index is 1.68. The van der Waals surface area contributed by atoms with Gasteiger partial charge in [0.05, 0.1) is 0 Å². The summed E-state index contributed by atoms with van der Waals surface area (Å²) in [6.45, 7) is 1.57. The van der Waals surface area contributed by atoms with Gasteiger partial charge >= 0.3 is 7.12 Å². The summed E-state index contributed by atoms with van der Waals surface area (Å²) in [6, 6.07) is 0.201. The summed E-state index contributed by atoms with van der Waals surface area (Å²) in [5.41, 5.74) is 0. The third kappa shape index (κ3) is 4.11. The minimum atomic E-state index is -1.33. The highest BCUT2D eigenvalue weighted by Crippen LogP contribution is 2.31. The second-order valence-corrected chi connectivity index (χ2v) is 5.68. The molecule has 3 N–H and O–H groups in total. The van der Waals surface area contributed by atoms with Gasteiger partial charge in [-0.15, -0.1) is 0 Å². The third-order valence-corrected chi connectivity index (χ3v) is 4.24. The van der Waals surface area contributed by atoms with Crippen LogP contribution in [-0.4, -0.2) is 59.7 Å². The molecule has 1 saturated heterocycles.